The SMILES string of the molecule is CC[C@@H](SC1=Nc2ccccc2C2=N[C@H](CCC(=O)NCc3cccs3)C(=O)N12)C(=O)Nc1ccc(Cl)cc1. The second-order valence-corrected chi connectivity index (χ2v) is 11.6. The molecular formula is C28H26ClN5O3S2. The molecule has 8 nitrogen and oxygen atoms in total. The van der Waals surface area contributed by atoms with Gasteiger partial charge in [0.15, 0.2) is 5.17 Å². The van der Waals surface area contributed by atoms with Gasteiger partial charge in [0.05, 0.1) is 17.5 Å². The number of nitrogens with zero attached hydrogens (tertiary/aromatic N) is 3. The van der Waals surface area contributed by atoms with Gasteiger partial charge in [-0.15, -0.1) is 11.3 Å². The molecule has 0 saturated carbocycles. The third kappa shape index (κ3) is 6.24. The van der Waals surface area contributed by atoms with E-state index in [1.807, 2.05) is 48.7 Å². The van der Waals surface area contributed by atoms with Crippen molar-refractivity contribution in [2.75, 3.05) is 5.32 Å². The Labute approximate surface area is 239 Å². The van der Waals surface area contributed by atoms with Crippen molar-refractivity contribution < 1.29 is 14.4 Å². The smallest absolute Gasteiger partial charge is 0.259 e. The highest BCUT2D eigenvalue weighted by Gasteiger charge is 2.42. The number of carbonyl (C=O) groups excluding carboxylic acids is 3. The Morgan fingerprint density at radius 2 is 1.92 bits per heavy atom. The van der Waals surface area contributed by atoms with E-state index in [2.05, 4.69) is 10.6 Å². The molecule has 0 spiro atoms. The van der Waals surface area contributed by atoms with Crippen LogP contribution >= 0.6 is 34.7 Å². The van der Waals surface area contributed by atoms with Crippen molar-refractivity contribution in [1.82, 2.24) is 10.2 Å². The standard InChI is InChI=1S/C28H26ClN5O3S2/c1-2-23(26(36)31-18-11-9-17(29)10-12-18)39-28-33-21-8-4-3-7-20(21)25-32-22(27(37)34(25)28)13-14-24(35)30-16-19-6-5-15-38-19/h3-12,15,22-23H,2,13-14,16H2,1H3,(H,30,35)(H,31,36)/t22-,23-/m1/s1. The summed E-state index contributed by atoms with van der Waals surface area (Å²) in [6, 6.07) is 17.6. The molecule has 0 aliphatic carbocycles. The zero-order chi connectivity index (χ0) is 27.4. The lowest BCUT2D eigenvalue weighted by Crippen LogP contribution is -2.42. The summed E-state index contributed by atoms with van der Waals surface area (Å²) in [5, 5.41) is 8.26. The molecule has 2 aliphatic rings. The summed E-state index contributed by atoms with van der Waals surface area (Å²) in [4.78, 5) is 51.2. The first-order valence-electron chi connectivity index (χ1n) is 12.5. The number of para-hydroxylation sites is 1. The molecular weight excluding hydrogens is 554 g/mol. The molecule has 0 fully saturated rings. The van der Waals surface area contributed by atoms with Gasteiger partial charge in [-0.1, -0.05) is 48.5 Å². The lowest BCUT2D eigenvalue weighted by atomic mass is 10.1. The maximum Gasteiger partial charge on any atom is 0.259 e. The third-order valence-electron chi connectivity index (χ3n) is 6.26. The van der Waals surface area contributed by atoms with Crippen LogP contribution in [0.1, 0.15) is 36.6 Å². The fraction of sp³-hybridized carbons (Fsp3) is 0.250. The highest BCUT2D eigenvalue weighted by Crippen LogP contribution is 2.36. The number of thiophene rings is 1. The van der Waals surface area contributed by atoms with Crippen molar-refractivity contribution in [3.8, 4) is 0 Å². The van der Waals surface area contributed by atoms with E-state index >= 15 is 0 Å². The van der Waals surface area contributed by atoms with Crippen molar-refractivity contribution in [2.45, 2.75) is 44.0 Å². The minimum absolute atomic E-state index is 0.130. The molecule has 0 unspecified atom stereocenters. The zero-order valence-corrected chi connectivity index (χ0v) is 23.5. The Morgan fingerprint density at radius 1 is 1.13 bits per heavy atom. The van der Waals surface area contributed by atoms with E-state index in [1.54, 1.807) is 35.6 Å². The van der Waals surface area contributed by atoms with Crippen molar-refractivity contribution >= 4 is 74.8 Å². The van der Waals surface area contributed by atoms with E-state index in [9.17, 15) is 14.4 Å². The van der Waals surface area contributed by atoms with Crippen LogP contribution < -0.4 is 10.6 Å². The number of halogens is 1. The second-order valence-electron chi connectivity index (χ2n) is 8.96. The van der Waals surface area contributed by atoms with Crippen LogP contribution in [0.25, 0.3) is 0 Å². The van der Waals surface area contributed by atoms with Gasteiger partial charge in [0.25, 0.3) is 5.91 Å². The molecule has 2 aromatic carbocycles. The number of aliphatic imine (C=N–C) groups is 2. The van der Waals surface area contributed by atoms with E-state index in [0.717, 1.165) is 10.4 Å². The van der Waals surface area contributed by atoms with Crippen LogP contribution in [0.15, 0.2) is 76.0 Å². The number of thioether (sulfide) groups is 1. The maximum absolute atomic E-state index is 13.6. The molecule has 1 aromatic heterocycles. The van der Waals surface area contributed by atoms with E-state index in [0.29, 0.717) is 40.4 Å². The molecule has 0 radical (unpaired) electrons. The molecule has 2 aliphatic heterocycles. The normalized spacial score (nSPS) is 16.6. The van der Waals surface area contributed by atoms with Crippen molar-refractivity contribution in [2.24, 2.45) is 9.98 Å². The minimum atomic E-state index is -0.701. The average molecular weight is 580 g/mol. The third-order valence-corrected chi connectivity index (χ3v) is 8.70. The summed E-state index contributed by atoms with van der Waals surface area (Å²) in [6.07, 6.45) is 0.978. The Morgan fingerprint density at radius 3 is 2.67 bits per heavy atom. The molecule has 0 bridgehead atoms. The van der Waals surface area contributed by atoms with Crippen LogP contribution in [0, 0.1) is 0 Å². The fourth-order valence-electron chi connectivity index (χ4n) is 4.23. The summed E-state index contributed by atoms with van der Waals surface area (Å²) in [5.74, 6) is -0.0693. The van der Waals surface area contributed by atoms with E-state index in [1.165, 1.54) is 16.7 Å². The Balaban J connectivity index is 1.30. The minimum Gasteiger partial charge on any atom is -0.351 e. The summed E-state index contributed by atoms with van der Waals surface area (Å²) in [6.45, 7) is 2.38. The fourth-order valence-corrected chi connectivity index (χ4v) is 6.02. The summed E-state index contributed by atoms with van der Waals surface area (Å²) in [5.41, 5.74) is 2.07. The summed E-state index contributed by atoms with van der Waals surface area (Å²) in [7, 11) is 0. The van der Waals surface area contributed by atoms with Crippen LogP contribution in [0.2, 0.25) is 5.02 Å². The van der Waals surface area contributed by atoms with Gasteiger partial charge >= 0.3 is 0 Å². The first-order valence-corrected chi connectivity index (χ1v) is 14.7. The zero-order valence-electron chi connectivity index (χ0n) is 21.1. The van der Waals surface area contributed by atoms with Gasteiger partial charge in [0.1, 0.15) is 11.9 Å². The first kappa shape index (κ1) is 27.1. The lowest BCUT2D eigenvalue weighted by molar-refractivity contribution is -0.125. The molecule has 2 atom stereocenters. The Bertz CT molecular complexity index is 1440. The highest BCUT2D eigenvalue weighted by atomic mass is 35.5. The van der Waals surface area contributed by atoms with Crippen LogP contribution in [-0.2, 0) is 20.9 Å². The van der Waals surface area contributed by atoms with Crippen molar-refractivity contribution in [1.29, 1.82) is 0 Å². The van der Waals surface area contributed by atoms with Gasteiger partial charge in [-0.25, -0.2) is 9.89 Å². The molecule has 3 aromatic rings. The number of rotatable bonds is 9. The van der Waals surface area contributed by atoms with Crippen LogP contribution in [0.5, 0.6) is 0 Å². The lowest BCUT2D eigenvalue weighted by Gasteiger charge is -2.27. The van der Waals surface area contributed by atoms with Gasteiger partial charge in [-0.2, -0.15) is 0 Å². The highest BCUT2D eigenvalue weighted by molar-refractivity contribution is 8.15. The van der Waals surface area contributed by atoms with Gasteiger partial charge in [0.2, 0.25) is 11.8 Å². The molecule has 3 amide bonds. The second kappa shape index (κ2) is 12.1. The van der Waals surface area contributed by atoms with E-state index < -0.39 is 11.3 Å². The summed E-state index contributed by atoms with van der Waals surface area (Å²) >= 11 is 8.77. The van der Waals surface area contributed by atoms with Gasteiger partial charge < -0.3 is 10.6 Å². The van der Waals surface area contributed by atoms with Gasteiger partial charge in [-0.05, 0) is 60.7 Å². The van der Waals surface area contributed by atoms with Gasteiger partial charge in [0, 0.05) is 27.6 Å². The van der Waals surface area contributed by atoms with E-state index in [-0.39, 0.29) is 30.6 Å². The number of carbonyl (C=O) groups is 3. The first-order chi connectivity index (χ1) is 18.9. The number of anilines is 1. The molecule has 5 rings (SSSR count). The number of hydrogen-bond acceptors (Lipinski definition) is 7. The number of nitrogens with one attached hydrogen (secondary N) is 2. The molecule has 11 heteroatoms. The van der Waals surface area contributed by atoms with Crippen LogP contribution in [-0.4, -0.2) is 44.9 Å². The molecule has 3 heterocycles. The number of benzene rings is 2. The predicted molar refractivity (Wildman–Crippen MR) is 158 cm³/mol. The van der Waals surface area contributed by atoms with E-state index in [4.69, 9.17) is 21.6 Å². The van der Waals surface area contributed by atoms with Gasteiger partial charge in [-0.3, -0.25) is 19.4 Å². The molecule has 2 N–H and O–H groups in total. The largest absolute Gasteiger partial charge is 0.351 e. The quantitative estimate of drug-likeness (QED) is 0.344. The topological polar surface area (TPSA) is 103 Å². The van der Waals surface area contributed by atoms with Crippen LogP contribution in [0.4, 0.5) is 11.4 Å². The number of amidine groups is 2. The molecule has 0 saturated heterocycles. The predicted octanol–water partition coefficient (Wildman–Crippen LogP) is 5.61. The number of fused-ring (bicyclic) bond motifs is 3. The number of hydrogen-bond donors (Lipinski definition) is 2. The summed E-state index contributed by atoms with van der Waals surface area (Å²) < 4.78 is 0. The van der Waals surface area contributed by atoms with Crippen LogP contribution in [0.3, 0.4) is 0 Å². The maximum atomic E-state index is 13.6. The Kier molecular flexibility index (Phi) is 8.44. The monoisotopic (exact) mass is 579 g/mol. The van der Waals surface area contributed by atoms with Crippen molar-refractivity contribution in [3.05, 3.63) is 81.5 Å². The average Bonchev–Trinajstić information content (AvgIpc) is 3.58. The molecule has 200 valence electrons. The number of amides is 3. The van der Waals surface area contributed by atoms with Crippen molar-refractivity contribution in [3.63, 3.8) is 0 Å². The molecule has 39 heavy (non-hydrogen) atoms. The Hall–Kier alpha value is -3.47.